The molecule has 5 aliphatic carbocycles. The van der Waals surface area contributed by atoms with E-state index >= 15 is 0 Å². The molecule has 5 aliphatic rings. The molecule has 10 unspecified atom stereocenters. The van der Waals surface area contributed by atoms with Gasteiger partial charge in [0.2, 0.25) is 0 Å². The lowest BCUT2D eigenvalue weighted by Gasteiger charge is -2.72. The summed E-state index contributed by atoms with van der Waals surface area (Å²) in [5.74, 6) is 0.580. The van der Waals surface area contributed by atoms with Crippen LogP contribution < -0.4 is 0 Å². The molecule has 4 fully saturated rings. The van der Waals surface area contributed by atoms with Crippen molar-refractivity contribution in [2.45, 2.75) is 118 Å². The SMILES string of the molecule is CC1(C)CCC2(CO)C(O)CC3(C)C(=CC(O)C4C5(C)CCC(O)C(C)(C)C5CCC43C)C2C1. The van der Waals surface area contributed by atoms with Gasteiger partial charge in [0.25, 0.3) is 0 Å². The second-order valence-electron chi connectivity index (χ2n) is 15.3. The maximum atomic E-state index is 11.9. The molecule has 0 aromatic carbocycles. The van der Waals surface area contributed by atoms with Crippen LogP contribution in [0.4, 0.5) is 0 Å². The van der Waals surface area contributed by atoms with Crippen molar-refractivity contribution in [2.24, 2.45) is 50.2 Å². The van der Waals surface area contributed by atoms with Gasteiger partial charge in [0.15, 0.2) is 0 Å². The van der Waals surface area contributed by atoms with Gasteiger partial charge in [0, 0.05) is 11.3 Å². The minimum Gasteiger partial charge on any atom is -0.396 e. The zero-order chi connectivity index (χ0) is 25.1. The minimum atomic E-state index is -0.524. The lowest BCUT2D eigenvalue weighted by atomic mass is 9.33. The monoisotopic (exact) mass is 474 g/mol. The summed E-state index contributed by atoms with van der Waals surface area (Å²) >= 11 is 0. The van der Waals surface area contributed by atoms with Crippen molar-refractivity contribution in [1.29, 1.82) is 0 Å². The molecule has 0 spiro atoms. The summed E-state index contributed by atoms with van der Waals surface area (Å²) in [5, 5.41) is 45.2. The molecule has 4 saturated carbocycles. The first-order valence-corrected chi connectivity index (χ1v) is 14.0. The third kappa shape index (κ3) is 2.92. The Labute approximate surface area is 207 Å². The fourth-order valence-corrected chi connectivity index (χ4v) is 10.8. The smallest absolute Gasteiger partial charge is 0.0762 e. The average Bonchev–Trinajstić information content (AvgIpc) is 2.72. The summed E-state index contributed by atoms with van der Waals surface area (Å²) in [5.41, 5.74) is 0.446. The van der Waals surface area contributed by atoms with Crippen molar-refractivity contribution in [1.82, 2.24) is 0 Å². The molecule has 4 heteroatoms. The highest BCUT2D eigenvalue weighted by Crippen LogP contribution is 2.75. The molecule has 0 bridgehead atoms. The molecule has 0 amide bonds. The average molecular weight is 475 g/mol. The molecule has 0 aromatic rings. The van der Waals surface area contributed by atoms with Crippen LogP contribution in [-0.2, 0) is 0 Å². The van der Waals surface area contributed by atoms with Crippen molar-refractivity contribution in [3.63, 3.8) is 0 Å². The van der Waals surface area contributed by atoms with E-state index in [0.29, 0.717) is 12.3 Å². The van der Waals surface area contributed by atoms with E-state index in [4.69, 9.17) is 0 Å². The number of aliphatic hydroxyl groups is 4. The van der Waals surface area contributed by atoms with Gasteiger partial charge in [0.05, 0.1) is 24.9 Å². The van der Waals surface area contributed by atoms with E-state index in [2.05, 4.69) is 54.5 Å². The molecule has 5 rings (SSSR count). The van der Waals surface area contributed by atoms with E-state index in [-0.39, 0.29) is 51.6 Å². The molecule has 34 heavy (non-hydrogen) atoms. The van der Waals surface area contributed by atoms with Crippen LogP contribution in [0.3, 0.4) is 0 Å². The molecular weight excluding hydrogens is 424 g/mol. The second-order valence-corrected chi connectivity index (χ2v) is 15.3. The summed E-state index contributed by atoms with van der Waals surface area (Å²) < 4.78 is 0. The van der Waals surface area contributed by atoms with Gasteiger partial charge in [0.1, 0.15) is 0 Å². The van der Waals surface area contributed by atoms with E-state index in [0.717, 1.165) is 44.9 Å². The Morgan fingerprint density at radius 3 is 2.15 bits per heavy atom. The molecule has 4 nitrogen and oxygen atoms in total. The van der Waals surface area contributed by atoms with Gasteiger partial charge in [-0.1, -0.05) is 60.1 Å². The maximum absolute atomic E-state index is 11.9. The van der Waals surface area contributed by atoms with E-state index in [1.807, 2.05) is 0 Å². The normalized spacial score (nSPS) is 55.8. The number of aliphatic hydroxyl groups excluding tert-OH is 4. The van der Waals surface area contributed by atoms with Crippen molar-refractivity contribution < 1.29 is 20.4 Å². The number of allylic oxidation sites excluding steroid dienone is 1. The Morgan fingerprint density at radius 1 is 0.824 bits per heavy atom. The van der Waals surface area contributed by atoms with E-state index in [1.54, 1.807) is 0 Å². The van der Waals surface area contributed by atoms with E-state index < -0.39 is 17.6 Å². The van der Waals surface area contributed by atoms with Crippen molar-refractivity contribution in [3.8, 4) is 0 Å². The van der Waals surface area contributed by atoms with Gasteiger partial charge in [-0.25, -0.2) is 0 Å². The van der Waals surface area contributed by atoms with Crippen LogP contribution in [0.5, 0.6) is 0 Å². The van der Waals surface area contributed by atoms with Gasteiger partial charge >= 0.3 is 0 Å². The Bertz CT molecular complexity index is 877. The highest BCUT2D eigenvalue weighted by molar-refractivity contribution is 5.36. The first-order valence-electron chi connectivity index (χ1n) is 14.0. The van der Waals surface area contributed by atoms with Crippen molar-refractivity contribution >= 4 is 0 Å². The Hall–Kier alpha value is -0.420. The molecule has 10 atom stereocenters. The van der Waals surface area contributed by atoms with Gasteiger partial charge in [-0.15, -0.1) is 0 Å². The van der Waals surface area contributed by atoms with Crippen LogP contribution in [0.2, 0.25) is 0 Å². The standard InChI is InChI=1S/C30H50O4/c1-25(2)12-13-30(17-31)19(15-25)18-14-20(32)24-27(5)10-9-22(33)26(3,4)21(27)8-11-28(24,6)29(18,7)16-23(30)34/h14,19-24,31-34H,8-13,15-17H2,1-7H3. The van der Waals surface area contributed by atoms with Crippen LogP contribution in [0.15, 0.2) is 11.6 Å². The Balaban J connectivity index is 1.65. The molecule has 0 radical (unpaired) electrons. The summed E-state index contributed by atoms with van der Waals surface area (Å²) in [6, 6.07) is 0. The van der Waals surface area contributed by atoms with Crippen LogP contribution in [-0.4, -0.2) is 45.3 Å². The van der Waals surface area contributed by atoms with E-state index in [9.17, 15) is 20.4 Å². The van der Waals surface area contributed by atoms with Gasteiger partial charge in [-0.2, -0.15) is 0 Å². The lowest BCUT2D eigenvalue weighted by Crippen LogP contribution is -2.69. The van der Waals surface area contributed by atoms with Gasteiger partial charge in [-0.05, 0) is 90.3 Å². The highest BCUT2D eigenvalue weighted by atomic mass is 16.3. The number of rotatable bonds is 1. The van der Waals surface area contributed by atoms with Gasteiger partial charge in [-0.3, -0.25) is 0 Å². The predicted molar refractivity (Wildman–Crippen MR) is 135 cm³/mol. The second kappa shape index (κ2) is 7.33. The molecule has 0 aliphatic heterocycles. The summed E-state index contributed by atoms with van der Waals surface area (Å²) in [6.45, 7) is 16.3. The molecule has 0 aromatic heterocycles. The molecular formula is C30H50O4. The van der Waals surface area contributed by atoms with Crippen LogP contribution in [0, 0.1) is 50.2 Å². The number of hydrogen-bond donors (Lipinski definition) is 4. The zero-order valence-corrected chi connectivity index (χ0v) is 22.7. The zero-order valence-electron chi connectivity index (χ0n) is 22.7. The highest BCUT2D eigenvalue weighted by Gasteiger charge is 2.71. The van der Waals surface area contributed by atoms with Crippen molar-refractivity contribution in [2.75, 3.05) is 6.61 Å². The summed E-state index contributed by atoms with van der Waals surface area (Å²) in [6.07, 6.45) is 8.15. The first-order chi connectivity index (χ1) is 15.6. The van der Waals surface area contributed by atoms with Crippen molar-refractivity contribution in [3.05, 3.63) is 11.6 Å². The van der Waals surface area contributed by atoms with E-state index in [1.165, 1.54) is 5.57 Å². The Morgan fingerprint density at radius 2 is 1.50 bits per heavy atom. The van der Waals surface area contributed by atoms with Crippen LogP contribution >= 0.6 is 0 Å². The Kier molecular flexibility index (Phi) is 5.44. The van der Waals surface area contributed by atoms with Crippen LogP contribution in [0.1, 0.15) is 99.8 Å². The van der Waals surface area contributed by atoms with Gasteiger partial charge < -0.3 is 20.4 Å². The number of hydrogen-bond acceptors (Lipinski definition) is 4. The fourth-order valence-electron chi connectivity index (χ4n) is 10.8. The molecule has 0 heterocycles. The van der Waals surface area contributed by atoms with Crippen LogP contribution in [0.25, 0.3) is 0 Å². The lowest BCUT2D eigenvalue weighted by molar-refractivity contribution is -0.237. The first kappa shape index (κ1) is 25.2. The molecule has 194 valence electrons. The minimum absolute atomic E-state index is 0.0183. The quantitative estimate of drug-likeness (QED) is 0.399. The summed E-state index contributed by atoms with van der Waals surface area (Å²) in [7, 11) is 0. The predicted octanol–water partition coefficient (Wildman–Crippen LogP) is 5.08. The fraction of sp³-hybridized carbons (Fsp3) is 0.933. The molecule has 0 saturated heterocycles. The molecule has 4 N–H and O–H groups in total. The third-order valence-corrected chi connectivity index (χ3v) is 13.1. The number of fused-ring (bicyclic) bond motifs is 7. The third-order valence-electron chi connectivity index (χ3n) is 13.1. The summed E-state index contributed by atoms with van der Waals surface area (Å²) in [4.78, 5) is 0. The topological polar surface area (TPSA) is 80.9 Å². The maximum Gasteiger partial charge on any atom is 0.0762 e. The largest absolute Gasteiger partial charge is 0.396 e.